The van der Waals surface area contributed by atoms with E-state index >= 15 is 0 Å². The van der Waals surface area contributed by atoms with Crippen molar-refractivity contribution in [1.29, 1.82) is 0 Å². The van der Waals surface area contributed by atoms with Crippen molar-refractivity contribution in [3.8, 4) is 0 Å². The van der Waals surface area contributed by atoms with Gasteiger partial charge in [-0.25, -0.2) is 18.4 Å². The normalized spacial score (nSPS) is 15.1. The lowest BCUT2D eigenvalue weighted by molar-refractivity contribution is -0.123. The quantitative estimate of drug-likeness (QED) is 0.714. The second kappa shape index (κ2) is 7.40. The first-order chi connectivity index (χ1) is 13.1. The minimum Gasteiger partial charge on any atom is -0.449 e. The number of amides is 1. The topological polar surface area (TPSA) is 120 Å². The maximum atomic E-state index is 12.5. The summed E-state index contributed by atoms with van der Waals surface area (Å²) in [6, 6.07) is 7.63. The Hall–Kier alpha value is -2.65. The van der Waals surface area contributed by atoms with E-state index in [-0.39, 0.29) is 4.90 Å². The number of nitrogens with zero attached hydrogens (tertiary/aromatic N) is 1. The standard InChI is InChI=1S/C19H23N3O5S/c1-11-10-17(12(2)22(11)15-6-7-15)19(24)27-13(3)18(23)21-14-4-8-16(9-5-14)28(20,25)26/h4-5,8-10,13,15H,6-7H2,1-3H3,(H,21,23)(H2,20,25,26). The Balaban J connectivity index is 1.64. The zero-order chi connectivity index (χ0) is 20.6. The molecule has 150 valence electrons. The van der Waals surface area contributed by atoms with Gasteiger partial charge in [0.15, 0.2) is 6.10 Å². The Morgan fingerprint density at radius 2 is 1.82 bits per heavy atom. The summed E-state index contributed by atoms with van der Waals surface area (Å²) in [6.07, 6.45) is 1.19. The number of carbonyl (C=O) groups is 2. The van der Waals surface area contributed by atoms with E-state index in [0.717, 1.165) is 24.2 Å². The van der Waals surface area contributed by atoms with E-state index < -0.39 is 28.0 Å². The van der Waals surface area contributed by atoms with Crippen LogP contribution < -0.4 is 10.5 Å². The van der Waals surface area contributed by atoms with E-state index in [1.54, 1.807) is 6.07 Å². The van der Waals surface area contributed by atoms with Crippen molar-refractivity contribution >= 4 is 27.6 Å². The van der Waals surface area contributed by atoms with Crippen LogP contribution in [0.1, 0.15) is 47.6 Å². The highest BCUT2D eigenvalue weighted by Gasteiger charge is 2.29. The molecule has 28 heavy (non-hydrogen) atoms. The highest BCUT2D eigenvalue weighted by molar-refractivity contribution is 7.89. The Morgan fingerprint density at radius 3 is 2.36 bits per heavy atom. The van der Waals surface area contributed by atoms with Crippen LogP contribution in [0.15, 0.2) is 35.2 Å². The molecule has 1 heterocycles. The number of aryl methyl sites for hydroxylation is 1. The monoisotopic (exact) mass is 405 g/mol. The maximum Gasteiger partial charge on any atom is 0.340 e. The number of benzene rings is 1. The first kappa shape index (κ1) is 20.1. The molecule has 0 radical (unpaired) electrons. The molecule has 1 aliphatic carbocycles. The number of esters is 1. The lowest BCUT2D eigenvalue weighted by Gasteiger charge is -2.14. The minimum absolute atomic E-state index is 0.0593. The molecule has 1 fully saturated rings. The second-order valence-electron chi connectivity index (χ2n) is 6.99. The number of nitrogens with two attached hydrogens (primary N) is 1. The SMILES string of the molecule is Cc1cc(C(=O)OC(C)C(=O)Nc2ccc(S(N)(=O)=O)cc2)c(C)n1C1CC1. The number of aromatic nitrogens is 1. The average Bonchev–Trinajstić information content (AvgIpc) is 3.39. The van der Waals surface area contributed by atoms with Crippen LogP contribution in [0.4, 0.5) is 5.69 Å². The van der Waals surface area contributed by atoms with Crippen LogP contribution >= 0.6 is 0 Å². The number of rotatable bonds is 6. The van der Waals surface area contributed by atoms with Crippen LogP contribution in [-0.2, 0) is 19.6 Å². The van der Waals surface area contributed by atoms with E-state index in [2.05, 4.69) is 9.88 Å². The molecule has 1 aromatic heterocycles. The average molecular weight is 405 g/mol. The number of primary sulfonamides is 1. The molecule has 9 heteroatoms. The zero-order valence-electron chi connectivity index (χ0n) is 15.9. The summed E-state index contributed by atoms with van der Waals surface area (Å²) >= 11 is 0. The van der Waals surface area contributed by atoms with Gasteiger partial charge in [-0.15, -0.1) is 0 Å². The highest BCUT2D eigenvalue weighted by Crippen LogP contribution is 2.38. The molecule has 0 aliphatic heterocycles. The second-order valence-corrected chi connectivity index (χ2v) is 8.55. The van der Waals surface area contributed by atoms with Gasteiger partial charge in [0.2, 0.25) is 10.0 Å². The van der Waals surface area contributed by atoms with Gasteiger partial charge in [0, 0.05) is 23.1 Å². The number of nitrogens with one attached hydrogen (secondary N) is 1. The van der Waals surface area contributed by atoms with Crippen molar-refractivity contribution in [2.45, 2.75) is 50.7 Å². The first-order valence-electron chi connectivity index (χ1n) is 8.91. The van der Waals surface area contributed by atoms with Crippen LogP contribution in [0.5, 0.6) is 0 Å². The van der Waals surface area contributed by atoms with Crippen molar-refractivity contribution in [3.63, 3.8) is 0 Å². The number of ether oxygens (including phenoxy) is 1. The summed E-state index contributed by atoms with van der Waals surface area (Å²) in [6.45, 7) is 5.30. The van der Waals surface area contributed by atoms with Gasteiger partial charge < -0.3 is 14.6 Å². The van der Waals surface area contributed by atoms with E-state index in [4.69, 9.17) is 9.88 Å². The number of sulfonamides is 1. The summed E-state index contributed by atoms with van der Waals surface area (Å²) < 4.78 is 30.0. The van der Waals surface area contributed by atoms with Crippen molar-refractivity contribution in [1.82, 2.24) is 4.57 Å². The molecule has 1 atom stereocenters. The molecule has 2 aromatic rings. The Morgan fingerprint density at radius 1 is 1.21 bits per heavy atom. The van der Waals surface area contributed by atoms with Crippen molar-refractivity contribution < 1.29 is 22.7 Å². The van der Waals surface area contributed by atoms with Crippen LogP contribution in [0.3, 0.4) is 0 Å². The fourth-order valence-electron chi connectivity index (χ4n) is 3.13. The molecule has 8 nitrogen and oxygen atoms in total. The number of anilines is 1. The largest absolute Gasteiger partial charge is 0.449 e. The molecule has 1 aliphatic rings. The maximum absolute atomic E-state index is 12.5. The third kappa shape index (κ3) is 4.26. The first-order valence-corrected chi connectivity index (χ1v) is 10.5. The van der Waals surface area contributed by atoms with Crippen molar-refractivity contribution in [2.75, 3.05) is 5.32 Å². The Bertz CT molecular complexity index is 1020. The van der Waals surface area contributed by atoms with Gasteiger partial charge >= 0.3 is 5.97 Å². The van der Waals surface area contributed by atoms with Crippen LogP contribution in [0.25, 0.3) is 0 Å². The Labute approximate surface area is 163 Å². The number of hydrogen-bond donors (Lipinski definition) is 2. The van der Waals surface area contributed by atoms with Crippen LogP contribution in [0.2, 0.25) is 0 Å². The van der Waals surface area contributed by atoms with Gasteiger partial charge in [0.1, 0.15) is 0 Å². The van der Waals surface area contributed by atoms with Crippen LogP contribution in [-0.4, -0.2) is 31.0 Å². The van der Waals surface area contributed by atoms with Gasteiger partial charge in [0.25, 0.3) is 5.91 Å². The minimum atomic E-state index is -3.80. The molecular formula is C19H23N3O5S. The van der Waals surface area contributed by atoms with Crippen LogP contribution in [0, 0.1) is 13.8 Å². The number of hydrogen-bond acceptors (Lipinski definition) is 5. The molecule has 0 spiro atoms. The molecular weight excluding hydrogens is 382 g/mol. The zero-order valence-corrected chi connectivity index (χ0v) is 16.7. The molecule has 0 bridgehead atoms. The number of carbonyl (C=O) groups excluding carboxylic acids is 2. The fraction of sp³-hybridized carbons (Fsp3) is 0.368. The van der Waals surface area contributed by atoms with Gasteiger partial charge in [-0.1, -0.05) is 0 Å². The van der Waals surface area contributed by atoms with Gasteiger partial charge in [0.05, 0.1) is 10.5 Å². The van der Waals surface area contributed by atoms with E-state index in [1.165, 1.54) is 31.2 Å². The van der Waals surface area contributed by atoms with Crippen molar-refractivity contribution in [2.24, 2.45) is 5.14 Å². The van der Waals surface area contributed by atoms with E-state index in [1.807, 2.05) is 13.8 Å². The molecule has 1 unspecified atom stereocenters. The summed E-state index contributed by atoms with van der Waals surface area (Å²) in [5.41, 5.74) is 2.67. The van der Waals surface area contributed by atoms with Gasteiger partial charge in [-0.2, -0.15) is 0 Å². The molecule has 3 N–H and O–H groups in total. The molecule has 0 saturated heterocycles. The highest BCUT2D eigenvalue weighted by atomic mass is 32.2. The molecule has 1 saturated carbocycles. The van der Waals surface area contributed by atoms with Crippen molar-refractivity contribution in [3.05, 3.63) is 47.3 Å². The predicted molar refractivity (Wildman–Crippen MR) is 103 cm³/mol. The Kier molecular flexibility index (Phi) is 5.31. The van der Waals surface area contributed by atoms with Gasteiger partial charge in [-0.05, 0) is 63.9 Å². The van der Waals surface area contributed by atoms with E-state index in [9.17, 15) is 18.0 Å². The van der Waals surface area contributed by atoms with Gasteiger partial charge in [-0.3, -0.25) is 4.79 Å². The molecule has 1 amide bonds. The lowest BCUT2D eigenvalue weighted by atomic mass is 10.2. The molecule has 3 rings (SSSR count). The summed E-state index contributed by atoms with van der Waals surface area (Å²) in [4.78, 5) is 24.7. The third-order valence-corrected chi connectivity index (χ3v) is 5.65. The van der Waals surface area contributed by atoms with E-state index in [0.29, 0.717) is 17.3 Å². The summed E-state index contributed by atoms with van der Waals surface area (Å²) in [5.74, 6) is -1.07. The smallest absolute Gasteiger partial charge is 0.340 e. The third-order valence-electron chi connectivity index (χ3n) is 4.72. The summed E-state index contributed by atoms with van der Waals surface area (Å²) in [5, 5.41) is 7.62. The predicted octanol–water partition coefficient (Wildman–Crippen LogP) is 2.27. The molecule has 1 aromatic carbocycles. The fourth-order valence-corrected chi connectivity index (χ4v) is 3.64. The lowest BCUT2D eigenvalue weighted by Crippen LogP contribution is -2.30. The summed E-state index contributed by atoms with van der Waals surface area (Å²) in [7, 11) is -3.80.